The Kier molecular flexibility index (Phi) is 7.39. The maximum absolute atomic E-state index is 12.7. The molecule has 0 unspecified atom stereocenters. The van der Waals surface area contributed by atoms with Gasteiger partial charge < -0.3 is 20.2 Å². The Balaban J connectivity index is 1.67. The summed E-state index contributed by atoms with van der Waals surface area (Å²) in [7, 11) is 0. The Labute approximate surface area is 172 Å². The van der Waals surface area contributed by atoms with Gasteiger partial charge in [0.2, 0.25) is 5.91 Å². The zero-order valence-corrected chi connectivity index (χ0v) is 16.7. The topological polar surface area (TPSA) is 84.2 Å². The average molecular weight is 399 g/mol. The number of amides is 1. The number of hydrogen-bond acceptors (Lipinski definition) is 5. The first-order valence-electron chi connectivity index (χ1n) is 10.1. The minimum absolute atomic E-state index is 0.0460. The molecule has 0 aromatic heterocycles. The Morgan fingerprint density at radius 3 is 2.31 bits per heavy atom. The molecule has 1 amide bonds. The first-order chi connectivity index (χ1) is 14.0. The van der Waals surface area contributed by atoms with E-state index in [-0.39, 0.29) is 32.0 Å². The lowest BCUT2D eigenvalue weighted by Gasteiger charge is -2.45. The molecule has 1 heterocycles. The van der Waals surface area contributed by atoms with E-state index in [1.807, 2.05) is 65.6 Å². The summed E-state index contributed by atoms with van der Waals surface area (Å²) in [6, 6.07) is 19.3. The lowest BCUT2D eigenvalue weighted by molar-refractivity contribution is -0.156. The van der Waals surface area contributed by atoms with Crippen molar-refractivity contribution >= 4 is 5.91 Å². The summed E-state index contributed by atoms with van der Waals surface area (Å²) in [6.07, 6.45) is -0.313. The van der Waals surface area contributed by atoms with Crippen LogP contribution in [0.3, 0.4) is 0 Å². The molecule has 156 valence electrons. The molecule has 2 aromatic rings. The van der Waals surface area contributed by atoms with E-state index in [9.17, 15) is 20.1 Å². The number of aliphatic hydroxyl groups is 3. The number of hydrogen-bond donors (Lipinski definition) is 3. The number of benzene rings is 2. The van der Waals surface area contributed by atoms with E-state index in [1.165, 1.54) is 0 Å². The smallest absolute Gasteiger partial charge is 0.227 e. The Morgan fingerprint density at radius 1 is 1.07 bits per heavy atom. The predicted octanol–water partition coefficient (Wildman–Crippen LogP) is 1.05. The highest BCUT2D eigenvalue weighted by molar-refractivity contribution is 5.79. The number of β-amino-alcohol motifs (C(OH)–C–C–N with tert-alkyl or cyclic N) is 1. The van der Waals surface area contributed by atoms with Gasteiger partial charge in [-0.05, 0) is 17.5 Å². The fourth-order valence-electron chi connectivity index (χ4n) is 3.90. The van der Waals surface area contributed by atoms with Crippen LogP contribution in [0.5, 0.6) is 0 Å². The second-order valence-electron chi connectivity index (χ2n) is 7.81. The van der Waals surface area contributed by atoms with Crippen LogP contribution >= 0.6 is 0 Å². The van der Waals surface area contributed by atoms with Crippen LogP contribution in [-0.4, -0.2) is 75.5 Å². The molecule has 6 nitrogen and oxygen atoms in total. The molecular weight excluding hydrogens is 368 g/mol. The summed E-state index contributed by atoms with van der Waals surface area (Å²) >= 11 is 0. The van der Waals surface area contributed by atoms with Crippen molar-refractivity contribution in [3.8, 4) is 0 Å². The van der Waals surface area contributed by atoms with Crippen LogP contribution in [0.2, 0.25) is 0 Å². The maximum Gasteiger partial charge on any atom is 0.227 e. The van der Waals surface area contributed by atoms with Gasteiger partial charge in [0.25, 0.3) is 0 Å². The summed E-state index contributed by atoms with van der Waals surface area (Å²) in [5, 5.41) is 31.2. The van der Waals surface area contributed by atoms with Crippen molar-refractivity contribution in [3.05, 3.63) is 71.8 Å². The molecule has 3 N–H and O–H groups in total. The van der Waals surface area contributed by atoms with E-state index < -0.39 is 11.7 Å². The highest BCUT2D eigenvalue weighted by Gasteiger charge is 2.43. The number of nitrogens with zero attached hydrogens (tertiary/aromatic N) is 2. The molecule has 3 rings (SSSR count). The van der Waals surface area contributed by atoms with Gasteiger partial charge in [-0.1, -0.05) is 60.7 Å². The third kappa shape index (κ3) is 5.87. The van der Waals surface area contributed by atoms with Crippen molar-refractivity contribution < 1.29 is 20.1 Å². The monoisotopic (exact) mass is 398 g/mol. The molecule has 1 aliphatic heterocycles. The van der Waals surface area contributed by atoms with Crippen LogP contribution in [0.1, 0.15) is 17.5 Å². The molecule has 1 aliphatic rings. The molecule has 0 aliphatic carbocycles. The Morgan fingerprint density at radius 2 is 1.69 bits per heavy atom. The lowest BCUT2D eigenvalue weighted by atomic mass is 9.88. The van der Waals surface area contributed by atoms with E-state index in [0.717, 1.165) is 11.1 Å². The van der Waals surface area contributed by atoms with E-state index in [4.69, 9.17) is 0 Å². The summed E-state index contributed by atoms with van der Waals surface area (Å²) in [5.41, 5.74) is 0.555. The molecule has 29 heavy (non-hydrogen) atoms. The minimum atomic E-state index is -1.44. The van der Waals surface area contributed by atoms with Gasteiger partial charge in [0.15, 0.2) is 0 Å². The van der Waals surface area contributed by atoms with E-state index in [0.29, 0.717) is 26.1 Å². The van der Waals surface area contributed by atoms with E-state index in [2.05, 4.69) is 0 Å². The van der Waals surface area contributed by atoms with Crippen molar-refractivity contribution in [3.63, 3.8) is 0 Å². The van der Waals surface area contributed by atoms with E-state index in [1.54, 1.807) is 4.90 Å². The normalized spacial score (nSPS) is 22.1. The van der Waals surface area contributed by atoms with Gasteiger partial charge in [0, 0.05) is 26.2 Å². The first-order valence-corrected chi connectivity index (χ1v) is 10.1. The summed E-state index contributed by atoms with van der Waals surface area (Å²) in [5.74, 6) is -0.0571. The summed E-state index contributed by atoms with van der Waals surface area (Å²) in [6.45, 7) is 1.56. The standard InChI is InChI=1S/C23H30N2O4/c26-14-13-24(16-20-9-5-2-6-10-20)17-23(29)18-25(12-11-21(23)27)22(28)15-19-7-3-1-4-8-19/h1-10,21,26-27,29H,11-18H2/t21-,23+/m0/s1. The van der Waals surface area contributed by atoms with Crippen LogP contribution in [0.15, 0.2) is 60.7 Å². The van der Waals surface area contributed by atoms with Gasteiger partial charge in [-0.2, -0.15) is 0 Å². The second-order valence-corrected chi connectivity index (χ2v) is 7.81. The fraction of sp³-hybridized carbons (Fsp3) is 0.435. The fourth-order valence-corrected chi connectivity index (χ4v) is 3.90. The SMILES string of the molecule is O=C(Cc1ccccc1)N1CC[C@H](O)[C@@](O)(CN(CCO)Cc2ccccc2)C1. The van der Waals surface area contributed by atoms with Crippen LogP contribution < -0.4 is 0 Å². The number of rotatable bonds is 8. The number of likely N-dealkylation sites (tertiary alicyclic amines) is 1. The third-order valence-corrected chi connectivity index (χ3v) is 5.47. The van der Waals surface area contributed by atoms with Crippen molar-refractivity contribution in [2.75, 3.05) is 32.8 Å². The number of carbonyl (C=O) groups is 1. The first kappa shape index (κ1) is 21.5. The van der Waals surface area contributed by atoms with Gasteiger partial charge in [0.05, 0.1) is 25.7 Å². The molecule has 0 bridgehead atoms. The summed E-state index contributed by atoms with van der Waals surface area (Å²) in [4.78, 5) is 16.3. The number of carbonyl (C=O) groups excluding carboxylic acids is 1. The molecule has 0 spiro atoms. The largest absolute Gasteiger partial charge is 0.395 e. The zero-order chi connectivity index (χ0) is 20.7. The molecule has 0 saturated carbocycles. The highest BCUT2D eigenvalue weighted by Crippen LogP contribution is 2.24. The third-order valence-electron chi connectivity index (χ3n) is 5.47. The molecule has 6 heteroatoms. The van der Waals surface area contributed by atoms with Crippen molar-refractivity contribution in [1.29, 1.82) is 0 Å². The predicted molar refractivity (Wildman–Crippen MR) is 111 cm³/mol. The number of aliphatic hydroxyl groups excluding tert-OH is 2. The van der Waals surface area contributed by atoms with Gasteiger partial charge in [0.1, 0.15) is 5.60 Å². The van der Waals surface area contributed by atoms with Crippen molar-refractivity contribution in [2.45, 2.75) is 31.1 Å². The van der Waals surface area contributed by atoms with Gasteiger partial charge in [-0.25, -0.2) is 0 Å². The molecule has 1 fully saturated rings. The lowest BCUT2D eigenvalue weighted by Crippen LogP contribution is -2.63. The number of piperidine rings is 1. The molecule has 1 saturated heterocycles. The molecule has 2 aromatic carbocycles. The van der Waals surface area contributed by atoms with Gasteiger partial charge in [-0.3, -0.25) is 9.69 Å². The van der Waals surface area contributed by atoms with Gasteiger partial charge in [-0.15, -0.1) is 0 Å². The van der Waals surface area contributed by atoms with Crippen molar-refractivity contribution in [2.24, 2.45) is 0 Å². The van der Waals surface area contributed by atoms with E-state index >= 15 is 0 Å². The minimum Gasteiger partial charge on any atom is -0.395 e. The average Bonchev–Trinajstić information content (AvgIpc) is 2.72. The second kappa shape index (κ2) is 9.98. The zero-order valence-electron chi connectivity index (χ0n) is 16.7. The molecule has 2 atom stereocenters. The molecular formula is C23H30N2O4. The quantitative estimate of drug-likeness (QED) is 0.619. The maximum atomic E-state index is 12.7. The summed E-state index contributed by atoms with van der Waals surface area (Å²) < 4.78 is 0. The van der Waals surface area contributed by atoms with Crippen molar-refractivity contribution in [1.82, 2.24) is 9.80 Å². The van der Waals surface area contributed by atoms with Gasteiger partial charge >= 0.3 is 0 Å². The van der Waals surface area contributed by atoms with Crippen LogP contribution in [0, 0.1) is 0 Å². The molecule has 0 radical (unpaired) electrons. The van der Waals surface area contributed by atoms with Crippen LogP contribution in [0.4, 0.5) is 0 Å². The van der Waals surface area contributed by atoms with Crippen LogP contribution in [-0.2, 0) is 17.8 Å². The Hall–Kier alpha value is -2.25. The highest BCUT2D eigenvalue weighted by atomic mass is 16.3. The van der Waals surface area contributed by atoms with Crippen LogP contribution in [0.25, 0.3) is 0 Å². The Bertz CT molecular complexity index is 771.